The minimum atomic E-state index is -0.691. The highest BCUT2D eigenvalue weighted by Gasteiger charge is 2.33. The van der Waals surface area contributed by atoms with E-state index in [4.69, 9.17) is 33.3 Å². The van der Waals surface area contributed by atoms with Gasteiger partial charge in [0.05, 0.1) is 52.8 Å². The quantitative estimate of drug-likeness (QED) is 0.0775. The number of nitrogens with zero attached hydrogens (tertiary/aromatic N) is 4. The topological polar surface area (TPSA) is 158 Å². The summed E-state index contributed by atoms with van der Waals surface area (Å²) >= 11 is 0. The van der Waals surface area contributed by atoms with E-state index in [1.165, 1.54) is 7.05 Å². The van der Waals surface area contributed by atoms with Gasteiger partial charge in [0, 0.05) is 65.8 Å². The van der Waals surface area contributed by atoms with E-state index in [1.807, 2.05) is 41.5 Å². The Morgan fingerprint density at radius 2 is 1.11 bits per heavy atom. The number of hydroxylamine groups is 2. The smallest absolute Gasteiger partial charge is 0.434 e. The molecule has 328 valence electrons. The van der Waals surface area contributed by atoms with E-state index in [9.17, 15) is 19.2 Å². The number of carbonyl (C=O) groups is 4. The van der Waals surface area contributed by atoms with Crippen molar-refractivity contribution < 1.29 is 52.4 Å². The number of nitrogens with one attached hydrogen (secondary N) is 1. The highest BCUT2D eigenvalue weighted by atomic mass is 16.7. The molecule has 0 saturated carbocycles. The predicted octanol–water partition coefficient (Wildman–Crippen LogP) is 3.75. The van der Waals surface area contributed by atoms with E-state index >= 15 is 0 Å². The van der Waals surface area contributed by atoms with Crippen molar-refractivity contribution in [3.63, 3.8) is 0 Å². The van der Waals surface area contributed by atoms with Crippen LogP contribution in [0, 0.1) is 5.41 Å². The molecule has 0 aliphatic carbocycles. The van der Waals surface area contributed by atoms with Gasteiger partial charge in [0.2, 0.25) is 5.91 Å². The van der Waals surface area contributed by atoms with E-state index in [0.717, 1.165) is 24.7 Å². The molecule has 1 aliphatic rings. The zero-order chi connectivity index (χ0) is 42.6. The Morgan fingerprint density at radius 3 is 1.64 bits per heavy atom. The summed E-state index contributed by atoms with van der Waals surface area (Å²) in [5.74, 6) is -0.821. The van der Waals surface area contributed by atoms with Gasteiger partial charge >= 0.3 is 18.0 Å². The molecule has 1 saturated heterocycles. The van der Waals surface area contributed by atoms with Crippen LogP contribution in [0.2, 0.25) is 0 Å². The van der Waals surface area contributed by atoms with Gasteiger partial charge in [0.1, 0.15) is 22.8 Å². The van der Waals surface area contributed by atoms with Crippen LogP contribution in [0.3, 0.4) is 0 Å². The maximum atomic E-state index is 13.7. The summed E-state index contributed by atoms with van der Waals surface area (Å²) in [6.45, 7) is 30.5. The molecule has 1 heterocycles. The average molecular weight is 804 g/mol. The van der Waals surface area contributed by atoms with Crippen LogP contribution in [0.25, 0.3) is 0 Å². The highest BCUT2D eigenvalue weighted by Crippen LogP contribution is 2.19. The van der Waals surface area contributed by atoms with Crippen LogP contribution in [0.4, 0.5) is 4.79 Å². The molecule has 0 aromatic rings. The van der Waals surface area contributed by atoms with Crippen LogP contribution in [-0.2, 0) is 47.6 Å². The van der Waals surface area contributed by atoms with Crippen LogP contribution in [0.5, 0.6) is 0 Å². The van der Waals surface area contributed by atoms with Gasteiger partial charge in [-0.25, -0.2) is 4.79 Å². The van der Waals surface area contributed by atoms with E-state index in [2.05, 4.69) is 40.8 Å². The Bertz CT molecular complexity index is 1160. The van der Waals surface area contributed by atoms with Gasteiger partial charge < -0.3 is 38.6 Å². The lowest BCUT2D eigenvalue weighted by atomic mass is 9.96. The molecule has 0 bridgehead atoms. The summed E-state index contributed by atoms with van der Waals surface area (Å²) in [6, 6.07) is -0.638. The first-order chi connectivity index (χ1) is 25.8. The zero-order valence-corrected chi connectivity index (χ0v) is 37.1. The number of ether oxygens (including phenoxy) is 6. The molecule has 1 rings (SSSR count). The summed E-state index contributed by atoms with van der Waals surface area (Å²) in [5, 5.41) is 3.93. The second-order valence-electron chi connectivity index (χ2n) is 18.3. The molecule has 1 N–H and O–H groups in total. The largest absolute Gasteiger partial charge is 0.459 e. The predicted molar refractivity (Wildman–Crippen MR) is 214 cm³/mol. The van der Waals surface area contributed by atoms with Crippen LogP contribution < -0.4 is 5.32 Å². The number of hydrogen-bond donors (Lipinski definition) is 1. The second-order valence-corrected chi connectivity index (χ2v) is 18.3. The maximum absolute atomic E-state index is 13.7. The van der Waals surface area contributed by atoms with Crippen molar-refractivity contribution >= 4 is 23.9 Å². The molecule has 1 aliphatic heterocycles. The first kappa shape index (κ1) is 51.4. The van der Waals surface area contributed by atoms with E-state index in [-0.39, 0.29) is 55.9 Å². The Hall–Kier alpha value is -2.60. The summed E-state index contributed by atoms with van der Waals surface area (Å²) in [6.07, 6.45) is -0.147. The fraction of sp³-hybridized carbons (Fsp3) is 0.900. The number of hydrogen-bond acceptors (Lipinski definition) is 14. The highest BCUT2D eigenvalue weighted by molar-refractivity contribution is 5.79. The third kappa shape index (κ3) is 27.1. The van der Waals surface area contributed by atoms with Crippen molar-refractivity contribution in [2.45, 2.75) is 119 Å². The number of esters is 2. The normalized spacial score (nSPS) is 16.3. The minimum absolute atomic E-state index is 0.0601. The van der Waals surface area contributed by atoms with E-state index in [0.29, 0.717) is 65.8 Å². The van der Waals surface area contributed by atoms with Crippen molar-refractivity contribution in [2.75, 3.05) is 112 Å². The van der Waals surface area contributed by atoms with Crippen LogP contribution in [-0.4, -0.2) is 179 Å². The van der Waals surface area contributed by atoms with Gasteiger partial charge in [-0.1, -0.05) is 20.8 Å². The molecule has 2 amide bonds. The standard InChI is InChI=1S/C40H77N5O11/c1-37(2,3)31-44-18-17-43(30-34(47)54-38(4,5)6)19-21-45(22-20-44)32(35(48)55-39(7,8)9)14-15-33(46)41-16-23-50-24-25-51-26-27-52-28-29-53-42(13)36(49)56-40(10,11)12/h32H,14-31H2,1-13H3,(H,41,46). The molecule has 0 aromatic heterocycles. The zero-order valence-electron chi connectivity index (χ0n) is 37.1. The molecule has 0 aromatic carbocycles. The Morgan fingerprint density at radius 1 is 0.625 bits per heavy atom. The van der Waals surface area contributed by atoms with Crippen molar-refractivity contribution in [3.8, 4) is 0 Å². The van der Waals surface area contributed by atoms with E-state index < -0.39 is 28.9 Å². The number of carbonyl (C=O) groups excluding carboxylic acids is 4. The van der Waals surface area contributed by atoms with Crippen LogP contribution in [0.15, 0.2) is 0 Å². The molecule has 0 radical (unpaired) electrons. The Kier molecular flexibility index (Phi) is 23.0. The Balaban J connectivity index is 2.59. The van der Waals surface area contributed by atoms with Gasteiger partial charge in [-0.3, -0.25) is 29.0 Å². The lowest BCUT2D eigenvalue weighted by Gasteiger charge is -2.34. The molecule has 1 fully saturated rings. The molecule has 16 heteroatoms. The van der Waals surface area contributed by atoms with Gasteiger partial charge in [0.15, 0.2) is 0 Å². The maximum Gasteiger partial charge on any atom is 0.434 e. The van der Waals surface area contributed by atoms with Crippen molar-refractivity contribution in [2.24, 2.45) is 5.41 Å². The van der Waals surface area contributed by atoms with Gasteiger partial charge in [-0.05, 0) is 74.1 Å². The average Bonchev–Trinajstić information content (AvgIpc) is 3.11. The third-order valence-electron chi connectivity index (χ3n) is 7.85. The number of amides is 2. The first-order valence-corrected chi connectivity index (χ1v) is 20.1. The first-order valence-electron chi connectivity index (χ1n) is 20.1. The van der Waals surface area contributed by atoms with Crippen molar-refractivity contribution in [1.82, 2.24) is 25.1 Å². The SMILES string of the molecule is CN(OCCOCCOCCOCCNC(=O)CCC(C(=O)OC(C)(C)C)N1CCN(CC(=O)OC(C)(C)C)CCN(CC(C)(C)C)CC1)C(=O)OC(C)(C)C. The molecule has 1 atom stereocenters. The lowest BCUT2D eigenvalue weighted by Crippen LogP contribution is -2.49. The monoisotopic (exact) mass is 804 g/mol. The van der Waals surface area contributed by atoms with Crippen molar-refractivity contribution in [3.05, 3.63) is 0 Å². The third-order valence-corrected chi connectivity index (χ3v) is 7.85. The summed E-state index contributed by atoms with van der Waals surface area (Å²) < 4.78 is 33.3. The fourth-order valence-electron chi connectivity index (χ4n) is 5.61. The minimum Gasteiger partial charge on any atom is -0.459 e. The van der Waals surface area contributed by atoms with Crippen LogP contribution in [0.1, 0.15) is 95.9 Å². The lowest BCUT2D eigenvalue weighted by molar-refractivity contribution is -0.162. The van der Waals surface area contributed by atoms with E-state index in [1.54, 1.807) is 20.8 Å². The number of rotatable bonds is 21. The van der Waals surface area contributed by atoms with Gasteiger partial charge in [-0.2, -0.15) is 5.06 Å². The summed E-state index contributed by atoms with van der Waals surface area (Å²) in [4.78, 5) is 63.2. The molecule has 56 heavy (non-hydrogen) atoms. The molecular weight excluding hydrogens is 726 g/mol. The van der Waals surface area contributed by atoms with Gasteiger partial charge in [0.25, 0.3) is 0 Å². The van der Waals surface area contributed by atoms with Crippen molar-refractivity contribution in [1.29, 1.82) is 0 Å². The second kappa shape index (κ2) is 25.0. The Labute approximate surface area is 337 Å². The van der Waals surface area contributed by atoms with Gasteiger partial charge in [-0.15, -0.1) is 0 Å². The molecular formula is C40H77N5O11. The fourth-order valence-corrected chi connectivity index (χ4v) is 5.61. The molecule has 0 spiro atoms. The molecule has 1 unspecified atom stereocenters. The molecule has 16 nitrogen and oxygen atoms in total. The summed E-state index contributed by atoms with van der Waals surface area (Å²) in [7, 11) is 1.48. The van der Waals surface area contributed by atoms with Crippen LogP contribution >= 0.6 is 0 Å². The summed E-state index contributed by atoms with van der Waals surface area (Å²) in [5.41, 5.74) is -1.81.